The highest BCUT2D eigenvalue weighted by atomic mass is 16.5. The maximum Gasteiger partial charge on any atom is 0.407 e. The highest BCUT2D eigenvalue weighted by Gasteiger charge is 2.30. The summed E-state index contributed by atoms with van der Waals surface area (Å²) in [5.74, 6) is -0.418. The number of nitrogens with zero attached hydrogens (tertiary/aromatic N) is 3. The van der Waals surface area contributed by atoms with E-state index in [1.54, 1.807) is 18.0 Å². The first-order valence-corrected chi connectivity index (χ1v) is 12.7. The lowest BCUT2D eigenvalue weighted by Crippen LogP contribution is -2.48. The molecule has 2 amide bonds. The number of aromatic nitrogens is 1. The summed E-state index contributed by atoms with van der Waals surface area (Å²) < 4.78 is 5.52. The molecule has 0 saturated carbocycles. The topological polar surface area (TPSA) is 112 Å². The Morgan fingerprint density at radius 2 is 1.61 bits per heavy atom. The van der Waals surface area contributed by atoms with Crippen molar-refractivity contribution in [2.24, 2.45) is 0 Å². The largest absolute Gasteiger partial charge is 0.480 e. The fourth-order valence-corrected chi connectivity index (χ4v) is 5.19. The van der Waals surface area contributed by atoms with E-state index >= 15 is 0 Å². The molecule has 1 aliphatic heterocycles. The molecule has 1 atom stereocenters. The average molecular weight is 515 g/mol. The Bertz CT molecular complexity index is 1290. The molecule has 0 spiro atoms. The molecule has 2 aliphatic rings. The number of alkyl carbamates (subject to hydrolysis) is 1. The van der Waals surface area contributed by atoms with E-state index in [4.69, 9.17) is 4.74 Å². The van der Waals surface area contributed by atoms with Crippen LogP contribution in [0.4, 0.5) is 10.6 Å². The smallest absolute Gasteiger partial charge is 0.407 e. The van der Waals surface area contributed by atoms with Gasteiger partial charge in [0.1, 0.15) is 18.5 Å². The number of benzene rings is 2. The summed E-state index contributed by atoms with van der Waals surface area (Å²) in [5.41, 5.74) is 5.10. The number of amides is 2. The van der Waals surface area contributed by atoms with Crippen LogP contribution < -0.4 is 10.2 Å². The van der Waals surface area contributed by atoms with Gasteiger partial charge in [-0.05, 0) is 33.9 Å². The van der Waals surface area contributed by atoms with E-state index in [2.05, 4.69) is 27.3 Å². The van der Waals surface area contributed by atoms with E-state index in [1.165, 1.54) is 0 Å². The van der Waals surface area contributed by atoms with Crippen LogP contribution in [0.15, 0.2) is 66.9 Å². The minimum Gasteiger partial charge on any atom is -0.480 e. The molecule has 196 valence electrons. The number of ether oxygens (including phenoxy) is 1. The molecule has 2 N–H and O–H groups in total. The number of carboxylic acid groups (broad SMARTS) is 1. The molecule has 3 aromatic rings. The van der Waals surface area contributed by atoms with Crippen LogP contribution in [0.2, 0.25) is 0 Å². The lowest BCUT2D eigenvalue weighted by molar-refractivity contribution is -0.139. The second-order valence-electron chi connectivity index (χ2n) is 9.58. The van der Waals surface area contributed by atoms with Crippen LogP contribution in [-0.4, -0.2) is 71.8 Å². The van der Waals surface area contributed by atoms with E-state index < -0.39 is 18.1 Å². The molecular weight excluding hydrogens is 484 g/mol. The fourth-order valence-electron chi connectivity index (χ4n) is 5.19. The van der Waals surface area contributed by atoms with Gasteiger partial charge in [0.05, 0.1) is 0 Å². The average Bonchev–Trinajstić information content (AvgIpc) is 3.25. The molecule has 1 aromatic heterocycles. The number of hydrogen-bond acceptors (Lipinski definition) is 6. The first-order valence-electron chi connectivity index (χ1n) is 12.7. The zero-order chi connectivity index (χ0) is 26.6. The van der Waals surface area contributed by atoms with E-state index in [1.807, 2.05) is 48.5 Å². The monoisotopic (exact) mass is 514 g/mol. The van der Waals surface area contributed by atoms with Crippen LogP contribution in [0.1, 0.15) is 29.5 Å². The second kappa shape index (κ2) is 10.9. The maximum absolute atomic E-state index is 12.6. The number of hydrogen-bond donors (Lipinski definition) is 2. The molecule has 2 aromatic carbocycles. The summed E-state index contributed by atoms with van der Waals surface area (Å²) in [7, 11) is 0. The predicted molar refractivity (Wildman–Crippen MR) is 142 cm³/mol. The third kappa shape index (κ3) is 5.32. The summed E-state index contributed by atoms with van der Waals surface area (Å²) in [4.78, 5) is 44.4. The standard InChI is InChI=1S/C29H30N4O5/c1-19(34)32-12-14-33(15-13-32)27-11-10-20(17-30-27)16-26(28(35)36)31-29(37)38-18-25-23-8-4-2-6-21(23)22-7-3-5-9-24(22)25/h2-11,17,25-26H,12-16,18H2,1H3,(H,31,37)(H,35,36). The number of pyridine rings is 1. The Hall–Kier alpha value is -4.40. The predicted octanol–water partition coefficient (Wildman–Crippen LogP) is 3.28. The van der Waals surface area contributed by atoms with E-state index in [-0.39, 0.29) is 24.9 Å². The minimum absolute atomic E-state index is 0.0663. The Balaban J connectivity index is 1.17. The van der Waals surface area contributed by atoms with Crippen LogP contribution in [0.25, 0.3) is 11.1 Å². The molecule has 5 rings (SSSR count). The summed E-state index contributed by atoms with van der Waals surface area (Å²) in [6, 6.07) is 18.6. The molecule has 0 radical (unpaired) electrons. The van der Waals surface area contributed by atoms with Crippen molar-refractivity contribution in [3.05, 3.63) is 83.6 Å². The summed E-state index contributed by atoms with van der Waals surface area (Å²) in [6.45, 7) is 4.34. The number of nitrogens with one attached hydrogen (secondary N) is 1. The van der Waals surface area contributed by atoms with Crippen LogP contribution in [0.3, 0.4) is 0 Å². The first kappa shape index (κ1) is 25.3. The van der Waals surface area contributed by atoms with Gasteiger partial charge in [0.2, 0.25) is 5.91 Å². The Morgan fingerprint density at radius 1 is 0.974 bits per heavy atom. The van der Waals surface area contributed by atoms with Crippen molar-refractivity contribution in [3.63, 3.8) is 0 Å². The zero-order valence-electron chi connectivity index (χ0n) is 21.2. The quantitative estimate of drug-likeness (QED) is 0.498. The van der Waals surface area contributed by atoms with Gasteiger partial charge >= 0.3 is 12.1 Å². The van der Waals surface area contributed by atoms with E-state index in [0.717, 1.165) is 28.1 Å². The molecule has 9 nitrogen and oxygen atoms in total. The van der Waals surface area contributed by atoms with Crippen LogP contribution >= 0.6 is 0 Å². The fraction of sp³-hybridized carbons (Fsp3) is 0.310. The Kier molecular flexibility index (Phi) is 7.26. The number of carbonyl (C=O) groups excluding carboxylic acids is 2. The molecule has 1 aliphatic carbocycles. The van der Waals surface area contributed by atoms with Crippen molar-refractivity contribution < 1.29 is 24.2 Å². The summed E-state index contributed by atoms with van der Waals surface area (Å²) in [5, 5.41) is 12.2. The van der Waals surface area contributed by atoms with Gasteiger partial charge in [-0.2, -0.15) is 0 Å². The van der Waals surface area contributed by atoms with Crippen LogP contribution in [-0.2, 0) is 20.7 Å². The molecular formula is C29H30N4O5. The van der Waals surface area contributed by atoms with Crippen LogP contribution in [0.5, 0.6) is 0 Å². The van der Waals surface area contributed by atoms with Gasteiger partial charge in [0, 0.05) is 51.6 Å². The van der Waals surface area contributed by atoms with Crippen molar-refractivity contribution in [1.82, 2.24) is 15.2 Å². The number of aliphatic carboxylic acids is 1. The first-order chi connectivity index (χ1) is 18.4. The number of fused-ring (bicyclic) bond motifs is 3. The highest BCUT2D eigenvalue weighted by molar-refractivity contribution is 5.81. The van der Waals surface area contributed by atoms with Crippen molar-refractivity contribution in [1.29, 1.82) is 0 Å². The normalized spacial score (nSPS) is 15.4. The minimum atomic E-state index is -1.16. The maximum atomic E-state index is 12.6. The van der Waals surface area contributed by atoms with Gasteiger partial charge in [-0.15, -0.1) is 0 Å². The van der Waals surface area contributed by atoms with Crippen molar-refractivity contribution in [2.75, 3.05) is 37.7 Å². The van der Waals surface area contributed by atoms with Gasteiger partial charge in [-0.25, -0.2) is 14.6 Å². The van der Waals surface area contributed by atoms with E-state index in [9.17, 15) is 19.5 Å². The van der Waals surface area contributed by atoms with Crippen molar-refractivity contribution >= 4 is 23.8 Å². The SMILES string of the molecule is CC(=O)N1CCN(c2ccc(CC(NC(=O)OCC3c4ccccc4-c4ccccc43)C(=O)O)cn2)CC1. The van der Waals surface area contributed by atoms with Crippen LogP contribution in [0, 0.1) is 0 Å². The molecule has 2 heterocycles. The van der Waals surface area contributed by atoms with Crippen molar-refractivity contribution in [2.45, 2.75) is 25.3 Å². The van der Waals surface area contributed by atoms with E-state index in [0.29, 0.717) is 31.7 Å². The lowest BCUT2D eigenvalue weighted by Gasteiger charge is -2.34. The lowest BCUT2D eigenvalue weighted by atomic mass is 9.98. The second-order valence-corrected chi connectivity index (χ2v) is 9.58. The molecule has 0 bridgehead atoms. The van der Waals surface area contributed by atoms with Gasteiger partial charge in [0.15, 0.2) is 0 Å². The molecule has 38 heavy (non-hydrogen) atoms. The van der Waals surface area contributed by atoms with Gasteiger partial charge in [-0.1, -0.05) is 54.6 Å². The Labute approximate surface area is 221 Å². The van der Waals surface area contributed by atoms with Gasteiger partial charge in [0.25, 0.3) is 0 Å². The van der Waals surface area contributed by atoms with Crippen molar-refractivity contribution in [3.8, 4) is 11.1 Å². The van der Waals surface area contributed by atoms with Gasteiger partial charge in [-0.3, -0.25) is 4.79 Å². The highest BCUT2D eigenvalue weighted by Crippen LogP contribution is 2.44. The molecule has 9 heteroatoms. The Morgan fingerprint density at radius 3 is 2.16 bits per heavy atom. The number of rotatable bonds is 7. The summed E-state index contributed by atoms with van der Waals surface area (Å²) in [6.07, 6.45) is 0.930. The number of carbonyl (C=O) groups is 3. The molecule has 1 fully saturated rings. The number of anilines is 1. The zero-order valence-corrected chi connectivity index (χ0v) is 21.2. The van der Waals surface area contributed by atoms with Gasteiger partial charge < -0.3 is 25.0 Å². The number of carboxylic acids is 1. The molecule has 1 unspecified atom stereocenters. The molecule has 1 saturated heterocycles. The number of piperazine rings is 1. The third-order valence-electron chi connectivity index (χ3n) is 7.23. The third-order valence-corrected chi connectivity index (χ3v) is 7.23. The summed E-state index contributed by atoms with van der Waals surface area (Å²) >= 11 is 0.